The maximum atomic E-state index is 5.87. The number of hydrogen-bond donors (Lipinski definition) is 1. The molecule has 1 aromatic rings. The molecule has 0 radical (unpaired) electrons. The van der Waals surface area contributed by atoms with Crippen LogP contribution in [0.5, 0.6) is 11.6 Å². The molecule has 0 spiro atoms. The van der Waals surface area contributed by atoms with E-state index in [1.807, 2.05) is 26.0 Å². The first kappa shape index (κ1) is 12.2. The van der Waals surface area contributed by atoms with Crippen LogP contribution in [0.15, 0.2) is 18.3 Å². The van der Waals surface area contributed by atoms with Gasteiger partial charge in [0.1, 0.15) is 6.10 Å². The number of nitrogens with zero attached hydrogens (tertiary/aromatic N) is 1. The Labute approximate surface area is 102 Å². The van der Waals surface area contributed by atoms with E-state index >= 15 is 0 Å². The van der Waals surface area contributed by atoms with Gasteiger partial charge in [0.25, 0.3) is 5.88 Å². The van der Waals surface area contributed by atoms with Crippen molar-refractivity contribution in [2.24, 2.45) is 5.73 Å². The number of hydrogen-bond acceptors (Lipinski definition) is 4. The van der Waals surface area contributed by atoms with Crippen LogP contribution < -0.4 is 15.2 Å². The van der Waals surface area contributed by atoms with Gasteiger partial charge in [-0.05, 0) is 45.2 Å². The summed E-state index contributed by atoms with van der Waals surface area (Å²) in [5, 5.41) is 0. The number of nitrogens with two attached hydrogens (primary N) is 1. The van der Waals surface area contributed by atoms with Crippen molar-refractivity contribution in [3.8, 4) is 11.6 Å². The molecular weight excluding hydrogens is 216 g/mol. The molecule has 1 aliphatic carbocycles. The maximum Gasteiger partial charge on any atom is 0.257 e. The van der Waals surface area contributed by atoms with Crippen LogP contribution in [0, 0.1) is 0 Å². The van der Waals surface area contributed by atoms with E-state index in [0.29, 0.717) is 11.6 Å². The van der Waals surface area contributed by atoms with Crippen LogP contribution in [0.1, 0.15) is 33.1 Å². The zero-order valence-electron chi connectivity index (χ0n) is 10.4. The summed E-state index contributed by atoms with van der Waals surface area (Å²) in [5.74, 6) is 1.29. The molecule has 17 heavy (non-hydrogen) atoms. The monoisotopic (exact) mass is 236 g/mol. The second-order valence-corrected chi connectivity index (χ2v) is 4.79. The SMILES string of the molecule is CC(C)Oc1cccnc1OC1CCC(N)C1. The summed E-state index contributed by atoms with van der Waals surface area (Å²) in [4.78, 5) is 4.23. The van der Waals surface area contributed by atoms with E-state index in [1.165, 1.54) is 0 Å². The fourth-order valence-electron chi connectivity index (χ4n) is 2.05. The molecule has 1 fully saturated rings. The smallest absolute Gasteiger partial charge is 0.257 e. The number of ether oxygens (including phenoxy) is 2. The molecule has 1 saturated carbocycles. The molecule has 0 aliphatic heterocycles. The molecule has 1 aromatic heterocycles. The number of pyridine rings is 1. The molecule has 0 saturated heterocycles. The van der Waals surface area contributed by atoms with E-state index < -0.39 is 0 Å². The summed E-state index contributed by atoms with van der Waals surface area (Å²) >= 11 is 0. The first-order valence-corrected chi connectivity index (χ1v) is 6.19. The Morgan fingerprint density at radius 3 is 2.88 bits per heavy atom. The van der Waals surface area contributed by atoms with Gasteiger partial charge in [0, 0.05) is 12.2 Å². The summed E-state index contributed by atoms with van der Waals surface area (Å²) in [6.45, 7) is 3.98. The van der Waals surface area contributed by atoms with Crippen LogP contribution >= 0.6 is 0 Å². The quantitative estimate of drug-likeness (QED) is 0.870. The molecule has 0 amide bonds. The van der Waals surface area contributed by atoms with Crippen molar-refractivity contribution in [1.82, 2.24) is 4.98 Å². The molecular formula is C13H20N2O2. The van der Waals surface area contributed by atoms with Crippen molar-refractivity contribution in [2.75, 3.05) is 0 Å². The van der Waals surface area contributed by atoms with E-state index in [4.69, 9.17) is 15.2 Å². The zero-order chi connectivity index (χ0) is 12.3. The van der Waals surface area contributed by atoms with Gasteiger partial charge in [-0.2, -0.15) is 0 Å². The van der Waals surface area contributed by atoms with Gasteiger partial charge in [0.05, 0.1) is 6.10 Å². The van der Waals surface area contributed by atoms with E-state index in [1.54, 1.807) is 6.20 Å². The van der Waals surface area contributed by atoms with Gasteiger partial charge in [-0.15, -0.1) is 0 Å². The molecule has 2 unspecified atom stereocenters. The molecule has 94 valence electrons. The lowest BCUT2D eigenvalue weighted by molar-refractivity contribution is 0.173. The van der Waals surface area contributed by atoms with Crippen molar-refractivity contribution >= 4 is 0 Å². The minimum Gasteiger partial charge on any atom is -0.485 e. The zero-order valence-corrected chi connectivity index (χ0v) is 10.4. The van der Waals surface area contributed by atoms with Gasteiger partial charge in [-0.3, -0.25) is 0 Å². The minimum atomic E-state index is 0.118. The normalized spacial score (nSPS) is 24.0. The molecule has 0 aromatic carbocycles. The third-order valence-electron chi connectivity index (χ3n) is 2.80. The van der Waals surface area contributed by atoms with Crippen LogP contribution in [0.4, 0.5) is 0 Å². The Hall–Kier alpha value is -1.29. The number of rotatable bonds is 4. The average molecular weight is 236 g/mol. The predicted molar refractivity (Wildman–Crippen MR) is 66.2 cm³/mol. The summed E-state index contributed by atoms with van der Waals surface area (Å²) in [6.07, 6.45) is 4.94. The van der Waals surface area contributed by atoms with E-state index in [0.717, 1.165) is 19.3 Å². The van der Waals surface area contributed by atoms with Gasteiger partial charge in [-0.1, -0.05) is 0 Å². The van der Waals surface area contributed by atoms with Gasteiger partial charge >= 0.3 is 0 Å². The lowest BCUT2D eigenvalue weighted by Crippen LogP contribution is -2.20. The largest absolute Gasteiger partial charge is 0.485 e. The minimum absolute atomic E-state index is 0.118. The topological polar surface area (TPSA) is 57.4 Å². The van der Waals surface area contributed by atoms with E-state index in [2.05, 4.69) is 4.98 Å². The summed E-state index contributed by atoms with van der Waals surface area (Å²) in [5.41, 5.74) is 5.87. The highest BCUT2D eigenvalue weighted by atomic mass is 16.5. The van der Waals surface area contributed by atoms with Crippen molar-refractivity contribution < 1.29 is 9.47 Å². The Bertz CT molecular complexity index is 368. The van der Waals surface area contributed by atoms with Gasteiger partial charge in [0.15, 0.2) is 5.75 Å². The lowest BCUT2D eigenvalue weighted by atomic mass is 10.3. The highest BCUT2D eigenvalue weighted by Crippen LogP contribution is 2.29. The Kier molecular flexibility index (Phi) is 3.84. The Balaban J connectivity index is 2.04. The summed E-state index contributed by atoms with van der Waals surface area (Å²) < 4.78 is 11.5. The highest BCUT2D eigenvalue weighted by molar-refractivity contribution is 5.32. The van der Waals surface area contributed by atoms with Crippen LogP contribution in [0.25, 0.3) is 0 Å². The van der Waals surface area contributed by atoms with Gasteiger partial charge in [0.2, 0.25) is 0 Å². The van der Waals surface area contributed by atoms with Crippen LogP contribution in [-0.2, 0) is 0 Å². The Morgan fingerprint density at radius 1 is 1.41 bits per heavy atom. The fraction of sp³-hybridized carbons (Fsp3) is 0.615. The first-order chi connectivity index (χ1) is 8.15. The van der Waals surface area contributed by atoms with Crippen molar-refractivity contribution in [3.05, 3.63) is 18.3 Å². The van der Waals surface area contributed by atoms with E-state index in [-0.39, 0.29) is 18.2 Å². The summed E-state index contributed by atoms with van der Waals surface area (Å²) in [7, 11) is 0. The third-order valence-corrected chi connectivity index (χ3v) is 2.80. The van der Waals surface area contributed by atoms with Crippen molar-refractivity contribution in [3.63, 3.8) is 0 Å². The molecule has 2 N–H and O–H groups in total. The predicted octanol–water partition coefficient (Wildman–Crippen LogP) is 2.13. The lowest BCUT2D eigenvalue weighted by Gasteiger charge is -2.17. The second-order valence-electron chi connectivity index (χ2n) is 4.79. The second kappa shape index (κ2) is 5.36. The van der Waals surface area contributed by atoms with Crippen LogP contribution in [0.3, 0.4) is 0 Å². The highest BCUT2D eigenvalue weighted by Gasteiger charge is 2.24. The number of aromatic nitrogens is 1. The van der Waals surface area contributed by atoms with E-state index in [9.17, 15) is 0 Å². The molecule has 1 aliphatic rings. The van der Waals surface area contributed by atoms with Crippen LogP contribution in [0.2, 0.25) is 0 Å². The molecule has 1 heterocycles. The molecule has 4 nitrogen and oxygen atoms in total. The van der Waals surface area contributed by atoms with Crippen LogP contribution in [-0.4, -0.2) is 23.2 Å². The third kappa shape index (κ3) is 3.33. The molecule has 0 bridgehead atoms. The molecule has 2 atom stereocenters. The Morgan fingerprint density at radius 2 is 2.24 bits per heavy atom. The molecule has 4 heteroatoms. The van der Waals surface area contributed by atoms with Crippen molar-refractivity contribution in [1.29, 1.82) is 0 Å². The van der Waals surface area contributed by atoms with Gasteiger partial charge in [-0.25, -0.2) is 4.98 Å². The fourth-order valence-corrected chi connectivity index (χ4v) is 2.05. The maximum absolute atomic E-state index is 5.87. The average Bonchev–Trinajstić information content (AvgIpc) is 2.66. The van der Waals surface area contributed by atoms with Gasteiger partial charge < -0.3 is 15.2 Å². The van der Waals surface area contributed by atoms with Crippen molar-refractivity contribution in [2.45, 2.75) is 51.4 Å². The first-order valence-electron chi connectivity index (χ1n) is 6.19. The molecule has 2 rings (SSSR count). The summed E-state index contributed by atoms with van der Waals surface area (Å²) in [6, 6.07) is 4.00. The standard InChI is InChI=1S/C13H20N2O2/c1-9(2)16-12-4-3-7-15-13(12)17-11-6-5-10(14)8-11/h3-4,7,9-11H,5-6,8,14H2,1-2H3.